The first-order chi connectivity index (χ1) is 15.3. The van der Waals surface area contributed by atoms with Crippen molar-refractivity contribution < 1.29 is 14.3 Å². The first-order valence-electron chi connectivity index (χ1n) is 9.49. The summed E-state index contributed by atoms with van der Waals surface area (Å²) in [4.78, 5) is 30.0. The van der Waals surface area contributed by atoms with Crippen LogP contribution in [0.1, 0.15) is 34.7 Å². The highest BCUT2D eigenvalue weighted by Gasteiger charge is 2.22. The van der Waals surface area contributed by atoms with Crippen LogP contribution in [0.2, 0.25) is 10.0 Å². The summed E-state index contributed by atoms with van der Waals surface area (Å²) in [6.45, 7) is 3.62. The highest BCUT2D eigenvalue weighted by molar-refractivity contribution is 6.32. The van der Waals surface area contributed by atoms with E-state index >= 15 is 0 Å². The quantitative estimate of drug-likeness (QED) is 0.507. The summed E-state index contributed by atoms with van der Waals surface area (Å²) >= 11 is 12.3. The Morgan fingerprint density at radius 3 is 2.69 bits per heavy atom. The third kappa shape index (κ3) is 5.38. The molecule has 0 aliphatic carbocycles. The fraction of sp³-hybridized carbons (Fsp3) is 0.182. The second kappa shape index (κ2) is 10.2. The van der Waals surface area contributed by atoms with Crippen molar-refractivity contribution in [3.05, 3.63) is 63.9 Å². The third-order valence-corrected chi connectivity index (χ3v) is 4.59. The Morgan fingerprint density at radius 1 is 1.22 bits per heavy atom. The van der Waals surface area contributed by atoms with E-state index in [-0.39, 0.29) is 52.2 Å². The molecule has 0 saturated carbocycles. The maximum atomic E-state index is 13.2. The maximum absolute atomic E-state index is 13.2. The molecule has 0 spiro atoms. The summed E-state index contributed by atoms with van der Waals surface area (Å²) in [7, 11) is 0. The number of hydrogen-bond acceptors (Lipinski definition) is 5. The molecule has 3 rings (SSSR count). The van der Waals surface area contributed by atoms with Crippen molar-refractivity contribution in [3.63, 3.8) is 0 Å². The second-order valence-corrected chi connectivity index (χ2v) is 7.70. The van der Waals surface area contributed by atoms with Crippen LogP contribution >= 0.6 is 23.2 Å². The zero-order valence-corrected chi connectivity index (χ0v) is 18.7. The molecule has 0 aliphatic rings. The lowest BCUT2D eigenvalue weighted by Crippen LogP contribution is -2.31. The van der Waals surface area contributed by atoms with Gasteiger partial charge in [-0.05, 0) is 44.2 Å². The van der Waals surface area contributed by atoms with Crippen molar-refractivity contribution in [2.24, 2.45) is 0 Å². The summed E-state index contributed by atoms with van der Waals surface area (Å²) < 4.78 is 6.60. The van der Waals surface area contributed by atoms with Gasteiger partial charge in [-0.3, -0.25) is 9.59 Å². The van der Waals surface area contributed by atoms with E-state index in [1.165, 1.54) is 23.0 Å². The van der Waals surface area contributed by atoms with Gasteiger partial charge in [-0.25, -0.2) is 9.67 Å². The molecule has 0 radical (unpaired) electrons. The average molecular weight is 472 g/mol. The molecule has 0 unspecified atom stereocenters. The molecule has 2 amide bonds. The van der Waals surface area contributed by atoms with E-state index in [1.54, 1.807) is 24.3 Å². The van der Waals surface area contributed by atoms with Crippen LogP contribution in [0.5, 0.6) is 5.88 Å². The van der Waals surface area contributed by atoms with Gasteiger partial charge in [0, 0.05) is 23.3 Å². The van der Waals surface area contributed by atoms with Crippen LogP contribution in [0.25, 0.3) is 5.82 Å². The van der Waals surface area contributed by atoms with Gasteiger partial charge in [0.25, 0.3) is 11.8 Å². The number of amides is 2. The van der Waals surface area contributed by atoms with E-state index in [9.17, 15) is 9.59 Å². The molecular formula is C22H19Cl2N5O3. The molecule has 2 N–H and O–H groups in total. The molecule has 3 aromatic rings. The number of terminal acetylenes is 1. The molecule has 0 aliphatic heterocycles. The van der Waals surface area contributed by atoms with E-state index in [4.69, 9.17) is 34.4 Å². The van der Waals surface area contributed by atoms with Crippen LogP contribution in [0.3, 0.4) is 0 Å². The molecule has 0 bridgehead atoms. The molecule has 164 valence electrons. The van der Waals surface area contributed by atoms with Crippen LogP contribution in [-0.4, -0.2) is 39.2 Å². The SMILES string of the molecule is C#CCOc1cc(C(=O)Nc2ccc(Cl)cc2C(=O)NC(C)C)n(-c2ncccc2Cl)n1. The fourth-order valence-electron chi connectivity index (χ4n) is 2.74. The smallest absolute Gasteiger partial charge is 0.274 e. The van der Waals surface area contributed by atoms with E-state index in [0.717, 1.165) is 0 Å². The van der Waals surface area contributed by atoms with Gasteiger partial charge in [-0.2, -0.15) is 0 Å². The minimum Gasteiger partial charge on any atom is -0.463 e. The van der Waals surface area contributed by atoms with Gasteiger partial charge in [-0.1, -0.05) is 29.1 Å². The van der Waals surface area contributed by atoms with E-state index < -0.39 is 5.91 Å². The van der Waals surface area contributed by atoms with E-state index in [1.807, 2.05) is 13.8 Å². The molecule has 0 saturated heterocycles. The van der Waals surface area contributed by atoms with Crippen LogP contribution in [-0.2, 0) is 0 Å². The monoisotopic (exact) mass is 471 g/mol. The lowest BCUT2D eigenvalue weighted by molar-refractivity contribution is 0.0944. The predicted octanol–water partition coefficient (Wildman–Crippen LogP) is 3.98. The zero-order valence-electron chi connectivity index (χ0n) is 17.2. The Balaban J connectivity index is 2.00. The minimum atomic E-state index is -0.573. The van der Waals surface area contributed by atoms with Crippen molar-refractivity contribution in [1.29, 1.82) is 0 Å². The average Bonchev–Trinajstić information content (AvgIpc) is 3.17. The first kappa shape index (κ1) is 23.1. The molecule has 0 atom stereocenters. The van der Waals surface area contributed by atoms with Crippen LogP contribution in [0, 0.1) is 12.3 Å². The highest BCUT2D eigenvalue weighted by atomic mass is 35.5. The zero-order chi connectivity index (χ0) is 23.3. The van der Waals surface area contributed by atoms with Gasteiger partial charge in [0.05, 0.1) is 16.3 Å². The number of aromatic nitrogens is 3. The lowest BCUT2D eigenvalue weighted by Gasteiger charge is -2.14. The van der Waals surface area contributed by atoms with Crippen LogP contribution < -0.4 is 15.4 Å². The number of pyridine rings is 1. The summed E-state index contributed by atoms with van der Waals surface area (Å²) in [6, 6.07) is 9.15. The molecule has 10 heteroatoms. The molecule has 8 nitrogen and oxygen atoms in total. The number of halogens is 2. The van der Waals surface area contributed by atoms with E-state index in [2.05, 4.69) is 26.6 Å². The number of carbonyl (C=O) groups excluding carboxylic acids is 2. The van der Waals surface area contributed by atoms with Gasteiger partial charge in [0.2, 0.25) is 5.88 Å². The number of carbonyl (C=O) groups is 2. The van der Waals surface area contributed by atoms with Crippen molar-refractivity contribution in [2.75, 3.05) is 11.9 Å². The van der Waals surface area contributed by atoms with E-state index in [0.29, 0.717) is 5.02 Å². The van der Waals surface area contributed by atoms with Crippen LogP contribution in [0.4, 0.5) is 5.69 Å². The Morgan fingerprint density at radius 2 is 2.00 bits per heavy atom. The van der Waals surface area contributed by atoms with Gasteiger partial charge in [-0.15, -0.1) is 11.5 Å². The van der Waals surface area contributed by atoms with Crippen molar-refractivity contribution >= 4 is 40.7 Å². The predicted molar refractivity (Wildman–Crippen MR) is 123 cm³/mol. The van der Waals surface area contributed by atoms with Gasteiger partial charge >= 0.3 is 0 Å². The molecule has 0 fully saturated rings. The Kier molecular flexibility index (Phi) is 7.36. The molecule has 2 heterocycles. The number of nitrogens with zero attached hydrogens (tertiary/aromatic N) is 3. The second-order valence-electron chi connectivity index (χ2n) is 6.85. The van der Waals surface area contributed by atoms with Crippen molar-refractivity contribution in [1.82, 2.24) is 20.1 Å². The lowest BCUT2D eigenvalue weighted by atomic mass is 10.1. The number of nitrogens with one attached hydrogen (secondary N) is 2. The summed E-state index contributed by atoms with van der Waals surface area (Å²) in [5, 5.41) is 10.4. The summed E-state index contributed by atoms with van der Waals surface area (Å²) in [6.07, 6.45) is 6.75. The first-order valence-corrected chi connectivity index (χ1v) is 10.2. The standard InChI is InChI=1S/C22H19Cl2N5O3/c1-4-10-32-19-12-18(29(28-19)20-16(24)6-5-9-25-20)22(31)27-17-8-7-14(23)11-15(17)21(30)26-13(2)3/h1,5-9,11-13H,10H2,2-3H3,(H,26,30)(H,27,31). The molecule has 32 heavy (non-hydrogen) atoms. The number of anilines is 1. The summed E-state index contributed by atoms with van der Waals surface area (Å²) in [5.74, 6) is 1.72. The van der Waals surface area contributed by atoms with Crippen molar-refractivity contribution in [2.45, 2.75) is 19.9 Å². The maximum Gasteiger partial charge on any atom is 0.274 e. The third-order valence-electron chi connectivity index (χ3n) is 4.06. The molecule has 2 aromatic heterocycles. The van der Waals surface area contributed by atoms with Gasteiger partial charge in [0.15, 0.2) is 12.4 Å². The Labute approximate surface area is 194 Å². The van der Waals surface area contributed by atoms with Crippen molar-refractivity contribution in [3.8, 4) is 24.0 Å². The highest BCUT2D eigenvalue weighted by Crippen LogP contribution is 2.25. The number of hydrogen-bond donors (Lipinski definition) is 2. The van der Waals surface area contributed by atoms with Crippen LogP contribution in [0.15, 0.2) is 42.6 Å². The Hall–Kier alpha value is -3.54. The van der Waals surface area contributed by atoms with Gasteiger partial charge in [0.1, 0.15) is 5.69 Å². The largest absolute Gasteiger partial charge is 0.463 e. The number of benzene rings is 1. The summed E-state index contributed by atoms with van der Waals surface area (Å²) in [5.41, 5.74) is 0.552. The topological polar surface area (TPSA) is 98.1 Å². The normalized spacial score (nSPS) is 10.5. The van der Waals surface area contributed by atoms with Gasteiger partial charge < -0.3 is 15.4 Å². The molecule has 1 aromatic carbocycles. The number of rotatable bonds is 7. The Bertz CT molecular complexity index is 1200. The fourth-order valence-corrected chi connectivity index (χ4v) is 3.12. The minimum absolute atomic E-state index is 0.0370. The number of ether oxygens (including phenoxy) is 1. The molecular weight excluding hydrogens is 453 g/mol.